The highest BCUT2D eigenvalue weighted by Gasteiger charge is 2.35. The summed E-state index contributed by atoms with van der Waals surface area (Å²) in [4.78, 5) is 23.1. The monoisotopic (exact) mass is 354 g/mol. The molecule has 118 valence electrons. The highest BCUT2D eigenvalue weighted by atomic mass is 35.5. The Morgan fingerprint density at radius 1 is 1.32 bits per heavy atom. The number of ketones is 1. The van der Waals surface area contributed by atoms with Crippen molar-refractivity contribution >= 4 is 39.8 Å². The molecule has 0 bridgehead atoms. The molecule has 1 heterocycles. The van der Waals surface area contributed by atoms with Crippen molar-refractivity contribution in [2.45, 2.75) is 13.1 Å². The van der Waals surface area contributed by atoms with Gasteiger partial charge in [0.2, 0.25) is 0 Å². The summed E-state index contributed by atoms with van der Waals surface area (Å²) in [6.45, 7) is 1.09. The minimum absolute atomic E-state index is 0.0473. The average molecular weight is 355 g/mol. The Hall–Kier alpha value is -1.87. The van der Waals surface area contributed by atoms with Crippen molar-refractivity contribution in [2.75, 3.05) is 5.32 Å². The zero-order chi connectivity index (χ0) is 16.7. The van der Waals surface area contributed by atoms with Crippen LogP contribution >= 0.6 is 23.1 Å². The van der Waals surface area contributed by atoms with Crippen molar-refractivity contribution in [1.29, 1.82) is 0 Å². The van der Waals surface area contributed by atoms with Gasteiger partial charge < -0.3 is 5.32 Å². The summed E-state index contributed by atoms with van der Waals surface area (Å²) >= 11 is 6.04. The SMILES string of the molecule is CC(=O)c1c(NC(=O)c2cccc(C(F)(F)F)c2Cl)sn1F. The van der Waals surface area contributed by atoms with Crippen LogP contribution in [0.15, 0.2) is 18.2 Å². The predicted molar refractivity (Wildman–Crippen MR) is 73.2 cm³/mol. The van der Waals surface area contributed by atoms with Gasteiger partial charge in [0.05, 0.1) is 16.1 Å². The topological polar surface area (TPSA) is 51.1 Å². The summed E-state index contributed by atoms with van der Waals surface area (Å²) in [6.07, 6.45) is -4.71. The molecule has 0 saturated heterocycles. The molecule has 1 aromatic heterocycles. The number of aromatic nitrogens is 1. The Balaban J connectivity index is 2.32. The Morgan fingerprint density at radius 3 is 2.45 bits per heavy atom. The molecule has 4 nitrogen and oxygen atoms in total. The summed E-state index contributed by atoms with van der Waals surface area (Å²) in [6, 6.07) is 2.86. The van der Waals surface area contributed by atoms with Crippen LogP contribution in [0.25, 0.3) is 0 Å². The number of halogens is 5. The van der Waals surface area contributed by atoms with Crippen molar-refractivity contribution in [3.63, 3.8) is 0 Å². The Bertz CT molecular complexity index is 751. The number of nitrogens with one attached hydrogen (secondary N) is 1. The van der Waals surface area contributed by atoms with Gasteiger partial charge in [-0.3, -0.25) is 9.59 Å². The van der Waals surface area contributed by atoms with Crippen LogP contribution in [-0.2, 0) is 6.18 Å². The van der Waals surface area contributed by atoms with Crippen LogP contribution in [-0.4, -0.2) is 15.9 Å². The number of alkyl halides is 3. The fraction of sp³-hybridized carbons (Fsp3) is 0.167. The third-order valence-electron chi connectivity index (χ3n) is 2.67. The summed E-state index contributed by atoms with van der Waals surface area (Å²) in [5.74, 6) is -1.60. The number of amides is 1. The summed E-state index contributed by atoms with van der Waals surface area (Å²) < 4.78 is 51.2. The molecule has 10 heteroatoms. The van der Waals surface area contributed by atoms with Crippen molar-refractivity contribution in [2.24, 2.45) is 0 Å². The van der Waals surface area contributed by atoms with E-state index in [9.17, 15) is 27.2 Å². The van der Waals surface area contributed by atoms with Crippen LogP contribution in [0.4, 0.5) is 22.7 Å². The molecule has 1 aromatic carbocycles. The Morgan fingerprint density at radius 2 is 1.95 bits per heavy atom. The molecule has 0 aliphatic carbocycles. The van der Waals surface area contributed by atoms with Crippen molar-refractivity contribution < 1.29 is 27.2 Å². The fourth-order valence-corrected chi connectivity index (χ4v) is 2.78. The molecule has 0 unspecified atom stereocenters. The third-order valence-corrected chi connectivity index (χ3v) is 3.90. The standard InChI is InChI=1S/C12H7ClF4N2O2S/c1-5(20)9-11(22-19(9)17)18-10(21)6-3-2-4-7(8(6)13)12(14,15)16/h2-4H,1H3,(H,18,21). The highest BCUT2D eigenvalue weighted by molar-refractivity contribution is 7.13. The van der Waals surface area contributed by atoms with Gasteiger partial charge in [0.25, 0.3) is 5.91 Å². The molecule has 0 aliphatic rings. The molecule has 0 atom stereocenters. The molecule has 2 rings (SSSR count). The van der Waals surface area contributed by atoms with Gasteiger partial charge in [-0.2, -0.15) is 13.2 Å². The number of benzene rings is 1. The van der Waals surface area contributed by atoms with Crippen LogP contribution in [0.3, 0.4) is 0 Å². The molecule has 0 spiro atoms. The summed E-state index contributed by atoms with van der Waals surface area (Å²) in [5.41, 5.74) is -1.96. The van der Waals surface area contributed by atoms with Crippen LogP contribution in [0.2, 0.25) is 5.02 Å². The second-order valence-corrected chi connectivity index (χ2v) is 5.48. The molecule has 0 saturated carbocycles. The van der Waals surface area contributed by atoms with Crippen molar-refractivity contribution in [3.8, 4) is 0 Å². The van der Waals surface area contributed by atoms with Crippen molar-refractivity contribution in [1.82, 2.24) is 4.18 Å². The lowest BCUT2D eigenvalue weighted by Gasteiger charge is -2.15. The Labute approximate surface area is 130 Å². The second kappa shape index (κ2) is 5.73. The molecule has 1 N–H and O–H groups in total. The van der Waals surface area contributed by atoms with E-state index < -0.39 is 34.0 Å². The molecule has 22 heavy (non-hydrogen) atoms. The van der Waals surface area contributed by atoms with E-state index >= 15 is 0 Å². The first kappa shape index (κ1) is 16.5. The molecule has 1 amide bonds. The quantitative estimate of drug-likeness (QED) is 0.655. The van der Waals surface area contributed by atoms with Gasteiger partial charge in [-0.25, -0.2) is 0 Å². The molecule has 2 aromatic rings. The third kappa shape index (κ3) is 3.00. The van der Waals surface area contributed by atoms with Crippen LogP contribution < -0.4 is 5.32 Å². The van der Waals surface area contributed by atoms with Crippen LogP contribution in [0.5, 0.6) is 0 Å². The zero-order valence-corrected chi connectivity index (χ0v) is 12.4. The minimum atomic E-state index is -4.71. The van der Waals surface area contributed by atoms with E-state index in [1.54, 1.807) is 0 Å². The number of carbonyl (C=O) groups excluding carboxylic acids is 2. The van der Waals surface area contributed by atoms with Gasteiger partial charge in [-0.15, -0.1) is 4.18 Å². The highest BCUT2D eigenvalue weighted by Crippen LogP contribution is 2.37. The first-order chi connectivity index (χ1) is 10.1. The minimum Gasteiger partial charge on any atom is -0.310 e. The first-order valence-corrected chi connectivity index (χ1v) is 6.84. The fourth-order valence-electron chi connectivity index (χ4n) is 1.67. The summed E-state index contributed by atoms with van der Waals surface area (Å²) in [7, 11) is 0. The Kier molecular flexibility index (Phi) is 4.30. The molecule has 0 aliphatic heterocycles. The maximum Gasteiger partial charge on any atom is 0.417 e. The van der Waals surface area contributed by atoms with Crippen molar-refractivity contribution in [3.05, 3.63) is 40.0 Å². The molecule has 0 radical (unpaired) electrons. The molecular formula is C12H7ClF4N2O2S. The largest absolute Gasteiger partial charge is 0.417 e. The van der Waals surface area contributed by atoms with Gasteiger partial charge in [0, 0.05) is 6.92 Å². The van der Waals surface area contributed by atoms with E-state index in [0.29, 0.717) is 11.5 Å². The van der Waals surface area contributed by atoms with Crippen LogP contribution in [0, 0.1) is 0 Å². The number of rotatable bonds is 3. The average Bonchev–Trinajstić information content (AvgIpc) is 2.35. The van der Waals surface area contributed by atoms with E-state index in [-0.39, 0.29) is 14.9 Å². The number of anilines is 1. The van der Waals surface area contributed by atoms with Gasteiger partial charge in [0.1, 0.15) is 5.00 Å². The van der Waals surface area contributed by atoms with E-state index in [1.165, 1.54) is 0 Å². The maximum atomic E-state index is 13.0. The van der Waals surface area contributed by atoms with E-state index in [1.807, 2.05) is 0 Å². The lowest BCUT2D eigenvalue weighted by molar-refractivity contribution is -0.137. The van der Waals surface area contributed by atoms with E-state index in [0.717, 1.165) is 25.1 Å². The van der Waals surface area contributed by atoms with Gasteiger partial charge in [-0.1, -0.05) is 22.1 Å². The van der Waals surface area contributed by atoms with Gasteiger partial charge in [-0.05, 0) is 23.7 Å². The molecular weight excluding hydrogens is 348 g/mol. The van der Waals surface area contributed by atoms with Crippen LogP contribution in [0.1, 0.15) is 33.3 Å². The maximum absolute atomic E-state index is 13.0. The second-order valence-electron chi connectivity index (χ2n) is 4.19. The number of hydrogen-bond acceptors (Lipinski definition) is 3. The lowest BCUT2D eigenvalue weighted by atomic mass is 10.1. The van der Waals surface area contributed by atoms with E-state index in [2.05, 4.69) is 5.32 Å². The van der Waals surface area contributed by atoms with Gasteiger partial charge >= 0.3 is 6.18 Å². The number of nitrogens with zero attached hydrogens (tertiary/aromatic N) is 1. The number of carbonyl (C=O) groups is 2. The summed E-state index contributed by atoms with van der Waals surface area (Å²) in [5, 5.41) is 1.31. The normalized spacial score (nSPS) is 11.5. The van der Waals surface area contributed by atoms with Gasteiger partial charge in [0.15, 0.2) is 11.5 Å². The number of Topliss-reactive ketones (excluding diaryl/α,β-unsaturated/α-hetero) is 1. The number of hydrogen-bond donors (Lipinski definition) is 1. The predicted octanol–water partition coefficient (Wildman–Crippen LogP) is 4.41. The lowest BCUT2D eigenvalue weighted by Crippen LogP contribution is -2.19. The first-order valence-electron chi connectivity index (χ1n) is 5.69. The molecule has 0 fully saturated rings. The smallest absolute Gasteiger partial charge is 0.310 e. The zero-order valence-electron chi connectivity index (χ0n) is 10.8. The van der Waals surface area contributed by atoms with E-state index in [4.69, 9.17) is 11.6 Å².